The second-order valence-electron chi connectivity index (χ2n) is 7.08. The van der Waals surface area contributed by atoms with Gasteiger partial charge in [0.1, 0.15) is 6.61 Å². The lowest BCUT2D eigenvalue weighted by molar-refractivity contribution is -0.129. The second-order valence-corrected chi connectivity index (χ2v) is 7.08. The molecule has 1 heterocycles. The van der Waals surface area contributed by atoms with Crippen molar-refractivity contribution in [2.24, 2.45) is 0 Å². The molecule has 142 valence electrons. The van der Waals surface area contributed by atoms with E-state index in [0.717, 1.165) is 37.7 Å². The molecule has 2 aromatic rings. The molecule has 2 aromatic carbocycles. The Balaban J connectivity index is 1.39. The average molecular weight is 365 g/mol. The molecule has 27 heavy (non-hydrogen) atoms. The highest BCUT2D eigenvalue weighted by Crippen LogP contribution is 2.19. The van der Waals surface area contributed by atoms with Gasteiger partial charge < -0.3 is 4.74 Å². The molecule has 1 aliphatic heterocycles. The lowest BCUT2D eigenvalue weighted by Crippen LogP contribution is -2.40. The van der Waals surface area contributed by atoms with Crippen molar-refractivity contribution < 1.29 is 14.3 Å². The van der Waals surface area contributed by atoms with Gasteiger partial charge in [0.2, 0.25) is 5.91 Å². The van der Waals surface area contributed by atoms with Crippen LogP contribution in [-0.4, -0.2) is 29.5 Å². The van der Waals surface area contributed by atoms with E-state index in [1.54, 1.807) is 0 Å². The molecule has 1 aliphatic rings. The van der Waals surface area contributed by atoms with E-state index in [1.807, 2.05) is 36.4 Å². The van der Waals surface area contributed by atoms with E-state index in [4.69, 9.17) is 4.74 Å². The zero-order valence-corrected chi connectivity index (χ0v) is 15.7. The Kier molecular flexibility index (Phi) is 7.03. The summed E-state index contributed by atoms with van der Waals surface area (Å²) in [7, 11) is 0. The smallest absolute Gasteiger partial charge is 0.416 e. The number of hydrogen-bond acceptors (Lipinski definition) is 3. The van der Waals surface area contributed by atoms with Gasteiger partial charge in [-0.25, -0.2) is 9.69 Å². The fourth-order valence-electron chi connectivity index (χ4n) is 3.53. The van der Waals surface area contributed by atoms with Gasteiger partial charge >= 0.3 is 6.09 Å². The van der Waals surface area contributed by atoms with Gasteiger partial charge in [0.25, 0.3) is 0 Å². The van der Waals surface area contributed by atoms with Crippen LogP contribution in [0.2, 0.25) is 0 Å². The van der Waals surface area contributed by atoms with E-state index in [9.17, 15) is 9.59 Å². The summed E-state index contributed by atoms with van der Waals surface area (Å²) in [5.74, 6) is -0.110. The second kappa shape index (κ2) is 9.91. The maximum absolute atomic E-state index is 12.5. The highest BCUT2D eigenvalue weighted by atomic mass is 16.6. The first-order valence-electron chi connectivity index (χ1n) is 9.80. The number of amides is 2. The van der Waals surface area contributed by atoms with Crippen molar-refractivity contribution in [3.63, 3.8) is 0 Å². The maximum atomic E-state index is 12.5. The van der Waals surface area contributed by atoms with E-state index in [1.165, 1.54) is 10.5 Å². The van der Waals surface area contributed by atoms with Crippen molar-refractivity contribution in [3.05, 3.63) is 71.8 Å². The number of imide groups is 1. The lowest BCUT2D eigenvalue weighted by atomic mass is 10.0. The molecule has 4 nitrogen and oxygen atoms in total. The van der Waals surface area contributed by atoms with E-state index >= 15 is 0 Å². The summed E-state index contributed by atoms with van der Waals surface area (Å²) in [5, 5.41) is 0. The topological polar surface area (TPSA) is 46.6 Å². The molecule has 1 atom stereocenters. The zero-order valence-electron chi connectivity index (χ0n) is 15.7. The first-order valence-corrected chi connectivity index (χ1v) is 9.80. The third-order valence-corrected chi connectivity index (χ3v) is 4.99. The van der Waals surface area contributed by atoms with Crippen LogP contribution < -0.4 is 0 Å². The maximum Gasteiger partial charge on any atom is 0.416 e. The summed E-state index contributed by atoms with van der Waals surface area (Å²) >= 11 is 0. The number of unbranched alkanes of at least 4 members (excludes halogenated alkanes) is 3. The van der Waals surface area contributed by atoms with Gasteiger partial charge in [0.05, 0.1) is 6.04 Å². The lowest BCUT2D eigenvalue weighted by Gasteiger charge is -2.19. The van der Waals surface area contributed by atoms with Crippen molar-refractivity contribution in [3.8, 4) is 0 Å². The molecule has 3 rings (SSSR count). The van der Waals surface area contributed by atoms with Crippen LogP contribution in [0.3, 0.4) is 0 Å². The Bertz CT molecular complexity index is 730. The largest absolute Gasteiger partial charge is 0.447 e. The van der Waals surface area contributed by atoms with Gasteiger partial charge in [-0.05, 0) is 36.8 Å². The molecule has 0 aromatic heterocycles. The van der Waals surface area contributed by atoms with Gasteiger partial charge in [-0.15, -0.1) is 0 Å². The standard InChI is InChI=1S/C23H27NO3/c25-22(16-10-2-1-5-11-19-12-6-3-7-13-19)24-21(18-27-23(24)26)17-20-14-8-4-9-15-20/h3-4,6-9,12-15,21H,1-2,5,10-11,16-18H2/t21-/m1/s1. The van der Waals surface area contributed by atoms with E-state index in [2.05, 4.69) is 24.3 Å². The van der Waals surface area contributed by atoms with E-state index in [0.29, 0.717) is 12.8 Å². The van der Waals surface area contributed by atoms with E-state index in [-0.39, 0.29) is 18.6 Å². The monoisotopic (exact) mass is 365 g/mol. The number of nitrogens with zero attached hydrogens (tertiary/aromatic N) is 1. The Hall–Kier alpha value is -2.62. The molecule has 4 heteroatoms. The van der Waals surface area contributed by atoms with Crippen molar-refractivity contribution >= 4 is 12.0 Å². The Morgan fingerprint density at radius 2 is 1.52 bits per heavy atom. The van der Waals surface area contributed by atoms with Crippen LogP contribution in [0.4, 0.5) is 4.79 Å². The van der Waals surface area contributed by atoms with Crippen molar-refractivity contribution in [1.82, 2.24) is 4.90 Å². The zero-order chi connectivity index (χ0) is 18.9. The third kappa shape index (κ3) is 5.68. The van der Waals surface area contributed by atoms with Gasteiger partial charge in [-0.3, -0.25) is 4.79 Å². The Morgan fingerprint density at radius 3 is 2.22 bits per heavy atom. The minimum Gasteiger partial charge on any atom is -0.447 e. The van der Waals surface area contributed by atoms with Gasteiger partial charge in [-0.2, -0.15) is 0 Å². The van der Waals surface area contributed by atoms with Crippen LogP contribution >= 0.6 is 0 Å². The highest BCUT2D eigenvalue weighted by molar-refractivity contribution is 5.93. The van der Waals surface area contributed by atoms with Crippen LogP contribution in [0, 0.1) is 0 Å². The predicted molar refractivity (Wildman–Crippen MR) is 105 cm³/mol. The van der Waals surface area contributed by atoms with E-state index < -0.39 is 6.09 Å². The van der Waals surface area contributed by atoms with Crippen LogP contribution in [0.25, 0.3) is 0 Å². The molecule has 0 aliphatic carbocycles. The normalized spacial score (nSPS) is 16.4. The molecule has 0 radical (unpaired) electrons. The molecule has 0 spiro atoms. The minimum absolute atomic E-state index is 0.110. The van der Waals surface area contributed by atoms with Gasteiger partial charge in [-0.1, -0.05) is 73.5 Å². The molecule has 0 saturated carbocycles. The molecule has 1 saturated heterocycles. The number of benzene rings is 2. The molecular formula is C23H27NO3. The number of carbonyl (C=O) groups excluding carboxylic acids is 2. The fourth-order valence-corrected chi connectivity index (χ4v) is 3.53. The average Bonchev–Trinajstić information content (AvgIpc) is 3.06. The first-order chi connectivity index (χ1) is 13.2. The molecular weight excluding hydrogens is 338 g/mol. The van der Waals surface area contributed by atoms with Crippen LogP contribution in [0.1, 0.15) is 43.2 Å². The number of carbonyl (C=O) groups is 2. The van der Waals surface area contributed by atoms with Crippen LogP contribution in [0.5, 0.6) is 0 Å². The first kappa shape index (κ1) is 19.2. The van der Waals surface area contributed by atoms with Crippen LogP contribution in [0.15, 0.2) is 60.7 Å². The number of ether oxygens (including phenoxy) is 1. The molecule has 0 unspecified atom stereocenters. The molecule has 0 bridgehead atoms. The number of cyclic esters (lactones) is 1. The Labute approximate surface area is 161 Å². The summed E-state index contributed by atoms with van der Waals surface area (Å²) in [6.07, 6.45) is 5.68. The summed E-state index contributed by atoms with van der Waals surface area (Å²) in [6, 6.07) is 20.2. The highest BCUT2D eigenvalue weighted by Gasteiger charge is 2.37. The Morgan fingerprint density at radius 1 is 0.889 bits per heavy atom. The summed E-state index contributed by atoms with van der Waals surface area (Å²) in [4.78, 5) is 25.9. The fraction of sp³-hybridized carbons (Fsp3) is 0.391. The number of rotatable bonds is 9. The van der Waals surface area contributed by atoms with Crippen molar-refractivity contribution in [2.45, 2.75) is 51.0 Å². The molecule has 2 amide bonds. The number of hydrogen-bond donors (Lipinski definition) is 0. The molecule has 1 fully saturated rings. The summed E-state index contributed by atoms with van der Waals surface area (Å²) in [6.45, 7) is 0.288. The van der Waals surface area contributed by atoms with Crippen molar-refractivity contribution in [2.75, 3.05) is 6.61 Å². The third-order valence-electron chi connectivity index (χ3n) is 4.99. The summed E-state index contributed by atoms with van der Waals surface area (Å²) in [5.41, 5.74) is 2.47. The molecule has 0 N–H and O–H groups in total. The van der Waals surface area contributed by atoms with Crippen LogP contribution in [-0.2, 0) is 22.4 Å². The number of aryl methyl sites for hydroxylation is 1. The minimum atomic E-state index is -0.495. The van der Waals surface area contributed by atoms with Crippen molar-refractivity contribution in [1.29, 1.82) is 0 Å². The summed E-state index contributed by atoms with van der Waals surface area (Å²) < 4.78 is 5.13. The SMILES string of the molecule is O=C(CCCCCCc1ccccc1)N1C(=O)OC[C@H]1Cc1ccccc1. The van der Waals surface area contributed by atoms with Gasteiger partial charge in [0, 0.05) is 6.42 Å². The predicted octanol–water partition coefficient (Wildman–Crippen LogP) is 4.77. The quantitative estimate of drug-likeness (QED) is 0.601. The van der Waals surface area contributed by atoms with Gasteiger partial charge in [0.15, 0.2) is 0 Å².